The minimum absolute atomic E-state index is 0.0824. The zero-order chi connectivity index (χ0) is 18.6. The Morgan fingerprint density at radius 1 is 0.963 bits per heavy atom. The van der Waals surface area contributed by atoms with E-state index >= 15 is 0 Å². The molecule has 2 aromatic carbocycles. The third-order valence-electron chi connectivity index (χ3n) is 5.17. The molecule has 0 spiro atoms. The van der Waals surface area contributed by atoms with Gasteiger partial charge in [-0.15, -0.1) is 0 Å². The number of hydrogen-bond donors (Lipinski definition) is 0. The van der Waals surface area contributed by atoms with Gasteiger partial charge in [-0.05, 0) is 30.5 Å². The predicted molar refractivity (Wildman–Crippen MR) is 106 cm³/mol. The minimum atomic E-state index is -0.0824. The van der Waals surface area contributed by atoms with Crippen LogP contribution in [0.1, 0.15) is 24.1 Å². The number of hydrogen-bond acceptors (Lipinski definition) is 3. The van der Waals surface area contributed by atoms with Gasteiger partial charge in [0.05, 0.1) is 11.0 Å². The molecule has 2 heterocycles. The van der Waals surface area contributed by atoms with Crippen LogP contribution in [0.4, 0.5) is 0 Å². The van der Waals surface area contributed by atoms with Gasteiger partial charge in [0.1, 0.15) is 5.69 Å². The van der Waals surface area contributed by atoms with E-state index < -0.39 is 0 Å². The second kappa shape index (κ2) is 7.74. The van der Waals surface area contributed by atoms with Crippen molar-refractivity contribution < 1.29 is 4.79 Å². The molecule has 0 N–H and O–H groups in total. The topological polar surface area (TPSA) is 55.2 Å². The van der Waals surface area contributed by atoms with Crippen molar-refractivity contribution >= 4 is 16.9 Å². The Hall–Kier alpha value is -2.95. The van der Waals surface area contributed by atoms with Crippen molar-refractivity contribution in [3.8, 4) is 0 Å². The van der Waals surface area contributed by atoms with Crippen LogP contribution in [0.3, 0.4) is 0 Å². The van der Waals surface area contributed by atoms with E-state index in [1.54, 1.807) is 4.57 Å². The van der Waals surface area contributed by atoms with Gasteiger partial charge in [-0.3, -0.25) is 9.59 Å². The maximum Gasteiger partial charge on any atom is 0.272 e. The number of benzene rings is 2. The highest BCUT2D eigenvalue weighted by Crippen LogP contribution is 2.13. The molecule has 0 unspecified atom stereocenters. The Labute approximate surface area is 158 Å². The van der Waals surface area contributed by atoms with E-state index in [0.29, 0.717) is 25.1 Å². The number of fused-ring (bicyclic) bond motifs is 1. The van der Waals surface area contributed by atoms with Gasteiger partial charge in [0.15, 0.2) is 0 Å². The third-order valence-corrected chi connectivity index (χ3v) is 5.17. The fraction of sp³-hybridized carbons (Fsp3) is 0.318. The van der Waals surface area contributed by atoms with Crippen molar-refractivity contribution in [3.05, 3.63) is 76.2 Å². The van der Waals surface area contributed by atoms with E-state index in [1.165, 1.54) is 5.56 Å². The summed E-state index contributed by atoms with van der Waals surface area (Å²) in [6.07, 6.45) is 2.59. The fourth-order valence-electron chi connectivity index (χ4n) is 3.46. The summed E-state index contributed by atoms with van der Waals surface area (Å²) in [5.41, 5.74) is 3.24. The minimum Gasteiger partial charge on any atom is -0.343 e. The average Bonchev–Trinajstić information content (AvgIpc) is 2.65. The number of para-hydroxylation sites is 2. The molecule has 3 aromatic rings. The molecule has 1 fully saturated rings. The highest BCUT2D eigenvalue weighted by molar-refractivity contribution is 5.77. The van der Waals surface area contributed by atoms with Crippen molar-refractivity contribution in [2.45, 2.75) is 32.2 Å². The molecular weight excluding hydrogens is 338 g/mol. The van der Waals surface area contributed by atoms with Gasteiger partial charge < -0.3 is 9.47 Å². The molecule has 1 aromatic heterocycles. The fourth-order valence-corrected chi connectivity index (χ4v) is 3.46. The Balaban J connectivity index is 1.61. The van der Waals surface area contributed by atoms with Gasteiger partial charge in [-0.1, -0.05) is 42.5 Å². The van der Waals surface area contributed by atoms with Crippen LogP contribution in [0.15, 0.2) is 59.4 Å². The van der Waals surface area contributed by atoms with Crippen molar-refractivity contribution in [2.24, 2.45) is 0 Å². The first-order valence-corrected chi connectivity index (χ1v) is 9.52. The van der Waals surface area contributed by atoms with Crippen LogP contribution in [0.2, 0.25) is 0 Å². The van der Waals surface area contributed by atoms with Crippen molar-refractivity contribution in [1.29, 1.82) is 0 Å². The molecule has 1 amide bonds. The molecule has 0 atom stereocenters. The first-order chi connectivity index (χ1) is 13.2. The average molecular weight is 361 g/mol. The molecule has 1 aliphatic heterocycles. The van der Waals surface area contributed by atoms with E-state index in [2.05, 4.69) is 17.1 Å². The lowest BCUT2D eigenvalue weighted by Gasteiger charge is -2.30. The predicted octanol–water partition coefficient (Wildman–Crippen LogP) is 2.80. The van der Waals surface area contributed by atoms with Crippen molar-refractivity contribution in [3.63, 3.8) is 0 Å². The van der Waals surface area contributed by atoms with Gasteiger partial charge in [-0.2, -0.15) is 0 Å². The second-order valence-corrected chi connectivity index (χ2v) is 6.97. The van der Waals surface area contributed by atoms with E-state index in [0.717, 1.165) is 37.0 Å². The molecule has 27 heavy (non-hydrogen) atoms. The van der Waals surface area contributed by atoms with Crippen molar-refractivity contribution in [1.82, 2.24) is 14.5 Å². The molecule has 4 rings (SSSR count). The van der Waals surface area contributed by atoms with Crippen molar-refractivity contribution in [2.75, 3.05) is 13.1 Å². The summed E-state index contributed by atoms with van der Waals surface area (Å²) in [7, 11) is 0. The van der Waals surface area contributed by atoms with Gasteiger partial charge >= 0.3 is 0 Å². The first-order valence-electron chi connectivity index (χ1n) is 9.52. The van der Waals surface area contributed by atoms with Crippen LogP contribution >= 0.6 is 0 Å². The van der Waals surface area contributed by atoms with Crippen LogP contribution in [-0.4, -0.2) is 33.4 Å². The summed E-state index contributed by atoms with van der Waals surface area (Å²) in [5.74, 6) is 0.117. The largest absolute Gasteiger partial charge is 0.343 e. The molecule has 0 radical (unpaired) electrons. The summed E-state index contributed by atoms with van der Waals surface area (Å²) in [4.78, 5) is 31.6. The number of nitrogens with zero attached hydrogens (tertiary/aromatic N) is 3. The summed E-state index contributed by atoms with van der Waals surface area (Å²) in [5, 5.41) is 0. The van der Waals surface area contributed by atoms with Crippen LogP contribution in [0.5, 0.6) is 0 Å². The second-order valence-electron chi connectivity index (χ2n) is 6.97. The number of carbonyl (C=O) groups excluding carboxylic acids is 1. The summed E-state index contributed by atoms with van der Waals surface area (Å²) in [6, 6.07) is 17.9. The Bertz CT molecular complexity index is 1010. The maximum atomic E-state index is 13.0. The number of rotatable bonds is 6. The lowest BCUT2D eigenvalue weighted by molar-refractivity contribution is -0.134. The van der Waals surface area contributed by atoms with E-state index in [-0.39, 0.29) is 11.5 Å². The number of amides is 1. The van der Waals surface area contributed by atoms with Crippen LogP contribution in [0.25, 0.3) is 11.0 Å². The zero-order valence-electron chi connectivity index (χ0n) is 15.3. The first kappa shape index (κ1) is 17.5. The van der Waals surface area contributed by atoms with E-state index in [9.17, 15) is 9.59 Å². The summed E-state index contributed by atoms with van der Waals surface area (Å²) >= 11 is 0. The maximum absolute atomic E-state index is 13.0. The third kappa shape index (κ3) is 3.77. The SMILES string of the molecule is O=C(CCc1nc2ccccc2n(CCc2ccccc2)c1=O)N1CCC1. The van der Waals surface area contributed by atoms with E-state index in [1.807, 2.05) is 47.4 Å². The monoisotopic (exact) mass is 361 g/mol. The number of carbonyl (C=O) groups is 1. The van der Waals surface area contributed by atoms with Gasteiger partial charge in [0, 0.05) is 32.5 Å². The lowest BCUT2D eigenvalue weighted by Crippen LogP contribution is -2.42. The quantitative estimate of drug-likeness (QED) is 0.678. The lowest BCUT2D eigenvalue weighted by atomic mass is 10.1. The Morgan fingerprint density at radius 2 is 1.70 bits per heavy atom. The molecule has 1 saturated heterocycles. The van der Waals surface area contributed by atoms with Crippen LogP contribution < -0.4 is 5.56 Å². The van der Waals surface area contributed by atoms with Gasteiger partial charge in [0.2, 0.25) is 5.91 Å². The number of aryl methyl sites for hydroxylation is 3. The highest BCUT2D eigenvalue weighted by Gasteiger charge is 2.20. The zero-order valence-corrected chi connectivity index (χ0v) is 15.3. The smallest absolute Gasteiger partial charge is 0.272 e. The molecular formula is C22H23N3O2. The van der Waals surface area contributed by atoms with E-state index in [4.69, 9.17) is 0 Å². The Morgan fingerprint density at radius 3 is 2.44 bits per heavy atom. The standard InChI is InChI=1S/C22H23N3O2/c26-21(24-14-6-15-24)12-11-19-22(27)25(16-13-17-7-2-1-3-8-17)20-10-5-4-9-18(20)23-19/h1-5,7-10H,6,11-16H2. The summed E-state index contributed by atoms with van der Waals surface area (Å²) < 4.78 is 1.80. The van der Waals surface area contributed by atoms with Crippen LogP contribution in [-0.2, 0) is 24.2 Å². The van der Waals surface area contributed by atoms with Crippen LogP contribution in [0, 0.1) is 0 Å². The molecule has 138 valence electrons. The molecule has 0 saturated carbocycles. The number of aromatic nitrogens is 2. The summed E-state index contributed by atoms with van der Waals surface area (Å²) in [6.45, 7) is 2.27. The Kier molecular flexibility index (Phi) is 5.01. The molecule has 0 bridgehead atoms. The highest BCUT2D eigenvalue weighted by atomic mass is 16.2. The molecule has 1 aliphatic rings. The number of likely N-dealkylation sites (tertiary alicyclic amines) is 1. The molecule has 5 heteroatoms. The molecule has 0 aliphatic carbocycles. The molecule has 5 nitrogen and oxygen atoms in total. The van der Waals surface area contributed by atoms with Gasteiger partial charge in [-0.25, -0.2) is 4.98 Å². The normalized spacial score (nSPS) is 13.6. The van der Waals surface area contributed by atoms with Gasteiger partial charge in [0.25, 0.3) is 5.56 Å².